The number of rotatable bonds is 7. The Labute approximate surface area is 209 Å². The van der Waals surface area contributed by atoms with Crippen LogP contribution in [0.5, 0.6) is 0 Å². The normalized spacial score (nSPS) is 29.0. The van der Waals surface area contributed by atoms with E-state index in [1.54, 1.807) is 24.5 Å². The molecule has 188 valence electrons. The lowest BCUT2D eigenvalue weighted by molar-refractivity contribution is -0.216. The molecule has 3 saturated heterocycles. The van der Waals surface area contributed by atoms with Gasteiger partial charge in [0.2, 0.25) is 5.37 Å². The molecule has 14 nitrogen and oxygen atoms in total. The van der Waals surface area contributed by atoms with Crippen molar-refractivity contribution in [1.82, 2.24) is 20.2 Å². The van der Waals surface area contributed by atoms with Gasteiger partial charge in [0.05, 0.1) is 12.3 Å². The molecule has 0 radical (unpaired) electrons. The molecule has 36 heavy (non-hydrogen) atoms. The molecule has 3 fully saturated rings. The van der Waals surface area contributed by atoms with Gasteiger partial charge in [-0.3, -0.25) is 19.4 Å². The predicted molar refractivity (Wildman–Crippen MR) is 122 cm³/mol. The number of carbonyl (C=O) groups excluding carboxylic acids is 3. The maximum absolute atomic E-state index is 13.1. The first kappa shape index (κ1) is 24.0. The van der Waals surface area contributed by atoms with Crippen molar-refractivity contribution >= 4 is 57.1 Å². The average Bonchev–Trinajstić information content (AvgIpc) is 3.42. The number of nitrogens with two attached hydrogens (primary N) is 1. The number of β-lactam (4-membered cyclic amide) rings is 1. The summed E-state index contributed by atoms with van der Waals surface area (Å²) in [5, 5.41) is 16.6. The van der Waals surface area contributed by atoms with Crippen molar-refractivity contribution < 1.29 is 38.4 Å². The maximum Gasteiger partial charge on any atom is 0.371 e. The topological polar surface area (TPSA) is 209 Å². The smallest absolute Gasteiger partial charge is 0.371 e. The number of oxime groups is 1. The first-order chi connectivity index (χ1) is 17.2. The number of thiazole rings is 1. The Kier molecular flexibility index (Phi) is 6.01. The van der Waals surface area contributed by atoms with Crippen LogP contribution in [0.25, 0.3) is 0 Å². The quantitative estimate of drug-likeness (QED) is 0.126. The number of carboxylic acids is 1. The van der Waals surface area contributed by atoms with Crippen molar-refractivity contribution in [3.63, 3.8) is 0 Å². The van der Waals surface area contributed by atoms with Crippen LogP contribution >= 0.6 is 11.3 Å². The fraction of sp³-hybridized carbons (Fsp3) is 0.350. The summed E-state index contributed by atoms with van der Waals surface area (Å²) in [7, 11) is 0. The Morgan fingerprint density at radius 2 is 2.28 bits per heavy atom. The molecule has 2 aromatic rings. The number of amides is 2. The molecule has 0 unspecified atom stereocenters. The number of aromatic nitrogens is 2. The molecule has 2 amide bonds. The van der Waals surface area contributed by atoms with Crippen LogP contribution < -0.4 is 11.1 Å². The standard InChI is InChI=1S/C20H18N6O8S2/c21-19-23-11(7-35-19)13(25-33-6-9-2-1-3-22-5-9)15(28)24-14-16(29)26-17(14)36(32)8-10-4-12(27)34-20(10,26)18(30)31/h1-3,5,7,10,14,17H,4,6,8H2,(H2,21,23)(H,24,28)(H,30,31)/b25-13-/t10-,14+,17+,20+,36-/m0/s1. The zero-order valence-electron chi connectivity index (χ0n) is 18.2. The average molecular weight is 535 g/mol. The van der Waals surface area contributed by atoms with Crippen molar-refractivity contribution in [2.75, 3.05) is 11.5 Å². The highest BCUT2D eigenvalue weighted by atomic mass is 32.2. The zero-order chi connectivity index (χ0) is 25.6. The van der Waals surface area contributed by atoms with E-state index >= 15 is 0 Å². The Hall–Kier alpha value is -3.76. The number of fused-ring (bicyclic) bond motifs is 3. The first-order valence-electron chi connectivity index (χ1n) is 10.5. The van der Waals surface area contributed by atoms with Gasteiger partial charge < -0.3 is 30.3 Å². The number of aliphatic carboxylic acids is 1. The van der Waals surface area contributed by atoms with Crippen molar-refractivity contribution in [2.45, 2.75) is 30.2 Å². The van der Waals surface area contributed by atoms with Crippen LogP contribution in [0.1, 0.15) is 17.7 Å². The van der Waals surface area contributed by atoms with E-state index in [4.69, 9.17) is 15.3 Å². The summed E-state index contributed by atoms with van der Waals surface area (Å²) in [4.78, 5) is 64.2. The molecule has 5 rings (SSSR count). The van der Waals surface area contributed by atoms with E-state index in [-0.39, 0.29) is 35.3 Å². The minimum absolute atomic E-state index is 0.0130. The Balaban J connectivity index is 1.37. The molecule has 5 heterocycles. The second-order valence-corrected chi connectivity index (χ2v) is 10.6. The molecule has 0 bridgehead atoms. The first-order valence-corrected chi connectivity index (χ1v) is 12.7. The number of pyridine rings is 1. The van der Waals surface area contributed by atoms with Crippen LogP contribution in [0.3, 0.4) is 0 Å². The number of esters is 1. The van der Waals surface area contributed by atoms with E-state index in [1.807, 2.05) is 0 Å². The zero-order valence-corrected chi connectivity index (χ0v) is 19.9. The summed E-state index contributed by atoms with van der Waals surface area (Å²) in [5.74, 6) is -5.22. The third kappa shape index (κ3) is 3.82. The van der Waals surface area contributed by atoms with Gasteiger partial charge in [0.25, 0.3) is 17.5 Å². The highest BCUT2D eigenvalue weighted by molar-refractivity contribution is 7.92. The summed E-state index contributed by atoms with van der Waals surface area (Å²) in [5.41, 5.74) is 3.90. The lowest BCUT2D eigenvalue weighted by Crippen LogP contribution is -2.84. The summed E-state index contributed by atoms with van der Waals surface area (Å²) in [6.07, 6.45) is 2.86. The predicted octanol–water partition coefficient (Wildman–Crippen LogP) is -1.20. The molecule has 3 aliphatic heterocycles. The van der Waals surface area contributed by atoms with Crippen LogP contribution in [-0.4, -0.2) is 76.9 Å². The monoisotopic (exact) mass is 534 g/mol. The molecule has 0 aliphatic carbocycles. The number of carbonyl (C=O) groups is 4. The molecule has 5 atom stereocenters. The van der Waals surface area contributed by atoms with Crippen molar-refractivity contribution in [3.05, 3.63) is 41.2 Å². The van der Waals surface area contributed by atoms with Gasteiger partial charge in [-0.25, -0.2) is 14.7 Å². The number of nitrogens with zero attached hydrogens (tertiary/aromatic N) is 4. The Morgan fingerprint density at radius 3 is 2.94 bits per heavy atom. The molecular weight excluding hydrogens is 516 g/mol. The van der Waals surface area contributed by atoms with Gasteiger partial charge in [0, 0.05) is 23.3 Å². The number of ether oxygens (including phenoxy) is 1. The second-order valence-electron chi connectivity index (χ2n) is 8.12. The van der Waals surface area contributed by atoms with Crippen LogP contribution in [0.15, 0.2) is 35.1 Å². The van der Waals surface area contributed by atoms with Gasteiger partial charge in [0.1, 0.15) is 18.1 Å². The van der Waals surface area contributed by atoms with Gasteiger partial charge in [0.15, 0.2) is 16.9 Å². The third-order valence-corrected chi connectivity index (χ3v) is 8.38. The van der Waals surface area contributed by atoms with Gasteiger partial charge in [-0.15, -0.1) is 11.3 Å². The molecule has 16 heteroatoms. The highest BCUT2D eigenvalue weighted by Crippen LogP contribution is 2.48. The lowest BCUT2D eigenvalue weighted by Gasteiger charge is -2.55. The van der Waals surface area contributed by atoms with E-state index in [2.05, 4.69) is 20.4 Å². The van der Waals surface area contributed by atoms with Gasteiger partial charge in [-0.2, -0.15) is 0 Å². The van der Waals surface area contributed by atoms with Crippen LogP contribution in [0.4, 0.5) is 5.13 Å². The minimum Gasteiger partial charge on any atom is -0.615 e. The van der Waals surface area contributed by atoms with Gasteiger partial charge in [-0.05, 0) is 17.2 Å². The maximum atomic E-state index is 13.1. The summed E-state index contributed by atoms with van der Waals surface area (Å²) in [6, 6.07) is 2.10. The van der Waals surface area contributed by atoms with Crippen molar-refractivity contribution in [1.29, 1.82) is 0 Å². The largest absolute Gasteiger partial charge is 0.615 e. The van der Waals surface area contributed by atoms with E-state index in [0.29, 0.717) is 5.56 Å². The number of nitrogens with one attached hydrogen (secondary N) is 1. The molecule has 2 aromatic heterocycles. The Bertz CT molecular complexity index is 1270. The summed E-state index contributed by atoms with van der Waals surface area (Å²) in [6.45, 7) is -0.0130. The SMILES string of the molecule is Nc1nc(/C(=N/OCc2cccnc2)C(=O)N[C@@H]2C(=O)N3[C@@H]2[S@@+]([O-])C[C@@H]2CC(=O)O[C@@]23C(=O)O)cs1. The summed E-state index contributed by atoms with van der Waals surface area (Å²) < 4.78 is 18.0. The second kappa shape index (κ2) is 9.03. The van der Waals surface area contributed by atoms with Crippen molar-refractivity contribution in [2.24, 2.45) is 11.1 Å². The number of anilines is 1. The molecule has 0 spiro atoms. The van der Waals surface area contributed by atoms with Gasteiger partial charge in [-0.1, -0.05) is 11.2 Å². The van der Waals surface area contributed by atoms with Crippen LogP contribution in [0, 0.1) is 5.92 Å². The fourth-order valence-corrected chi connectivity index (χ4v) is 6.83. The van der Waals surface area contributed by atoms with Crippen molar-refractivity contribution in [3.8, 4) is 0 Å². The molecule has 3 aliphatic rings. The third-order valence-electron chi connectivity index (χ3n) is 5.95. The number of hydrogen-bond acceptors (Lipinski definition) is 12. The van der Waals surface area contributed by atoms with E-state index < -0.39 is 58.0 Å². The fourth-order valence-electron chi connectivity index (χ4n) is 4.36. The van der Waals surface area contributed by atoms with E-state index in [0.717, 1.165) is 16.2 Å². The number of carboxylic acid groups (broad SMARTS) is 1. The van der Waals surface area contributed by atoms with E-state index in [9.17, 15) is 28.8 Å². The number of hydrogen-bond donors (Lipinski definition) is 3. The van der Waals surface area contributed by atoms with E-state index in [1.165, 1.54) is 5.38 Å². The van der Waals surface area contributed by atoms with Gasteiger partial charge >= 0.3 is 11.9 Å². The Morgan fingerprint density at radius 1 is 1.47 bits per heavy atom. The minimum atomic E-state index is -2.25. The lowest BCUT2D eigenvalue weighted by atomic mass is 9.89. The van der Waals surface area contributed by atoms with Crippen LogP contribution in [-0.2, 0) is 46.5 Å². The number of nitrogen functional groups attached to an aromatic ring is 1. The molecule has 0 saturated carbocycles. The summed E-state index contributed by atoms with van der Waals surface area (Å²) >= 11 is -0.710. The highest BCUT2D eigenvalue weighted by Gasteiger charge is 2.76. The molecule has 4 N–H and O–H groups in total. The van der Waals surface area contributed by atoms with Crippen LogP contribution in [0.2, 0.25) is 0 Å². The molecule has 0 aromatic carbocycles. The molecular formula is C20H18N6O8S2.